The first-order valence-corrected chi connectivity index (χ1v) is 8.22. The Hall–Kier alpha value is -1.15. The standard InChI is InChI=1S/C13H16F2N2O2S2/c1-16(2)11(18)8-4-3-6-17(8)12(19)10-9(5-7-20-10)21-13(14)15/h5,7-8,13H,3-4,6H2,1-2H3/t8-/m0/s1. The lowest BCUT2D eigenvalue weighted by molar-refractivity contribution is -0.132. The summed E-state index contributed by atoms with van der Waals surface area (Å²) in [4.78, 5) is 28.2. The van der Waals surface area contributed by atoms with Crippen molar-refractivity contribution in [1.82, 2.24) is 9.80 Å². The second-order valence-corrected chi connectivity index (χ2v) is 6.83. The summed E-state index contributed by atoms with van der Waals surface area (Å²) in [5.74, 6) is -3.02. The van der Waals surface area contributed by atoms with Crippen LogP contribution in [0.3, 0.4) is 0 Å². The van der Waals surface area contributed by atoms with E-state index in [-0.39, 0.29) is 16.7 Å². The zero-order chi connectivity index (χ0) is 15.6. The number of hydrogen-bond donors (Lipinski definition) is 0. The Morgan fingerprint density at radius 3 is 2.81 bits per heavy atom. The highest BCUT2D eigenvalue weighted by molar-refractivity contribution is 7.99. The average Bonchev–Trinajstić information content (AvgIpc) is 3.04. The maximum Gasteiger partial charge on any atom is 0.288 e. The summed E-state index contributed by atoms with van der Waals surface area (Å²) in [6.45, 7) is 0.486. The molecule has 1 aromatic heterocycles. The summed E-state index contributed by atoms with van der Waals surface area (Å²) in [6, 6.07) is 1.03. The van der Waals surface area contributed by atoms with Crippen molar-refractivity contribution in [3.8, 4) is 0 Å². The molecule has 1 saturated heterocycles. The number of carbonyl (C=O) groups is 2. The molecule has 0 N–H and O–H groups in total. The van der Waals surface area contributed by atoms with Crippen molar-refractivity contribution in [2.45, 2.75) is 29.5 Å². The summed E-state index contributed by atoms with van der Waals surface area (Å²) in [5.41, 5.74) is 0. The van der Waals surface area contributed by atoms with Crippen LogP contribution in [-0.2, 0) is 4.79 Å². The normalized spacial score (nSPS) is 18.3. The van der Waals surface area contributed by atoms with Gasteiger partial charge in [0.25, 0.3) is 11.7 Å². The van der Waals surface area contributed by atoms with E-state index in [0.29, 0.717) is 29.6 Å². The highest BCUT2D eigenvalue weighted by Gasteiger charge is 2.36. The number of nitrogens with zero attached hydrogens (tertiary/aromatic N) is 2. The molecule has 0 bridgehead atoms. The molecule has 2 heterocycles. The van der Waals surface area contributed by atoms with Crippen LogP contribution in [0.1, 0.15) is 22.5 Å². The number of rotatable bonds is 4. The van der Waals surface area contributed by atoms with Gasteiger partial charge in [-0.1, -0.05) is 11.8 Å². The molecule has 116 valence electrons. The molecule has 2 amide bonds. The number of thioether (sulfide) groups is 1. The molecule has 0 saturated carbocycles. The van der Waals surface area contributed by atoms with Crippen molar-refractivity contribution in [1.29, 1.82) is 0 Å². The SMILES string of the molecule is CN(C)C(=O)[C@@H]1CCCN1C(=O)c1sccc1SC(F)F. The molecule has 21 heavy (non-hydrogen) atoms. The van der Waals surface area contributed by atoms with E-state index in [2.05, 4.69) is 0 Å². The summed E-state index contributed by atoms with van der Waals surface area (Å²) >= 11 is 1.51. The Bertz CT molecular complexity index is 534. The van der Waals surface area contributed by atoms with E-state index in [1.807, 2.05) is 0 Å². The quantitative estimate of drug-likeness (QED) is 0.795. The highest BCUT2D eigenvalue weighted by atomic mass is 32.2. The number of carbonyl (C=O) groups excluding carboxylic acids is 2. The Morgan fingerprint density at radius 1 is 1.48 bits per heavy atom. The van der Waals surface area contributed by atoms with Gasteiger partial charge in [0.2, 0.25) is 5.91 Å². The summed E-state index contributed by atoms with van der Waals surface area (Å²) in [7, 11) is 3.29. The number of amides is 2. The first-order chi connectivity index (χ1) is 9.91. The first-order valence-electron chi connectivity index (χ1n) is 6.46. The predicted octanol–water partition coefficient (Wildman–Crippen LogP) is 2.76. The lowest BCUT2D eigenvalue weighted by atomic mass is 10.2. The molecule has 0 aliphatic carbocycles. The third-order valence-electron chi connectivity index (χ3n) is 3.28. The van der Waals surface area contributed by atoms with Crippen molar-refractivity contribution in [2.24, 2.45) is 0 Å². The topological polar surface area (TPSA) is 40.6 Å². The fourth-order valence-electron chi connectivity index (χ4n) is 2.34. The van der Waals surface area contributed by atoms with E-state index in [0.717, 1.165) is 17.8 Å². The fraction of sp³-hybridized carbons (Fsp3) is 0.538. The van der Waals surface area contributed by atoms with Gasteiger partial charge in [-0.2, -0.15) is 8.78 Å². The highest BCUT2D eigenvalue weighted by Crippen LogP contribution is 2.34. The lowest BCUT2D eigenvalue weighted by Gasteiger charge is -2.26. The summed E-state index contributed by atoms with van der Waals surface area (Å²) < 4.78 is 25.0. The van der Waals surface area contributed by atoms with Gasteiger partial charge in [-0.25, -0.2) is 0 Å². The van der Waals surface area contributed by atoms with Crippen LogP contribution >= 0.6 is 23.1 Å². The van der Waals surface area contributed by atoms with E-state index in [1.54, 1.807) is 19.5 Å². The monoisotopic (exact) mass is 334 g/mol. The second-order valence-electron chi connectivity index (χ2n) is 4.88. The molecular weight excluding hydrogens is 318 g/mol. The molecule has 0 spiro atoms. The predicted molar refractivity (Wildman–Crippen MR) is 78.9 cm³/mol. The minimum atomic E-state index is -2.57. The number of likely N-dealkylation sites (N-methyl/N-ethyl adjacent to an activating group) is 1. The Balaban J connectivity index is 2.19. The number of alkyl halides is 2. The van der Waals surface area contributed by atoms with E-state index < -0.39 is 11.8 Å². The third kappa shape index (κ3) is 3.55. The molecule has 8 heteroatoms. The molecular formula is C13H16F2N2O2S2. The smallest absolute Gasteiger partial charge is 0.288 e. The first kappa shape index (κ1) is 16.2. The Morgan fingerprint density at radius 2 is 2.19 bits per heavy atom. The molecule has 1 aliphatic rings. The van der Waals surface area contributed by atoms with Gasteiger partial charge in [-0.05, 0) is 24.3 Å². The van der Waals surface area contributed by atoms with Crippen molar-refractivity contribution in [3.63, 3.8) is 0 Å². The molecule has 0 unspecified atom stereocenters. The van der Waals surface area contributed by atoms with E-state index in [9.17, 15) is 18.4 Å². The van der Waals surface area contributed by atoms with Gasteiger partial charge in [0.15, 0.2) is 0 Å². The molecule has 0 radical (unpaired) electrons. The van der Waals surface area contributed by atoms with Crippen LogP contribution in [0.5, 0.6) is 0 Å². The second kappa shape index (κ2) is 6.74. The molecule has 1 aromatic rings. The van der Waals surface area contributed by atoms with Crippen molar-refractivity contribution < 1.29 is 18.4 Å². The minimum absolute atomic E-state index is 0.125. The van der Waals surface area contributed by atoms with Crippen LogP contribution < -0.4 is 0 Å². The summed E-state index contributed by atoms with van der Waals surface area (Å²) in [5, 5.41) is 1.62. The van der Waals surface area contributed by atoms with Crippen LogP contribution in [0.25, 0.3) is 0 Å². The van der Waals surface area contributed by atoms with E-state index in [4.69, 9.17) is 0 Å². The summed E-state index contributed by atoms with van der Waals surface area (Å²) in [6.07, 6.45) is 1.37. The van der Waals surface area contributed by atoms with Crippen LogP contribution in [-0.4, -0.2) is 54.1 Å². The van der Waals surface area contributed by atoms with Gasteiger partial charge in [0.1, 0.15) is 10.9 Å². The van der Waals surface area contributed by atoms with Gasteiger partial charge < -0.3 is 9.80 Å². The maximum absolute atomic E-state index is 12.6. The number of halogens is 2. The Kier molecular flexibility index (Phi) is 5.21. The Labute approximate surface area is 130 Å². The van der Waals surface area contributed by atoms with Crippen LogP contribution in [0.2, 0.25) is 0 Å². The minimum Gasteiger partial charge on any atom is -0.347 e. The molecule has 1 fully saturated rings. The van der Waals surface area contributed by atoms with Gasteiger partial charge in [-0.3, -0.25) is 9.59 Å². The lowest BCUT2D eigenvalue weighted by Crippen LogP contribution is -2.45. The van der Waals surface area contributed by atoms with Gasteiger partial charge in [0.05, 0.1) is 0 Å². The van der Waals surface area contributed by atoms with Crippen LogP contribution in [0.15, 0.2) is 16.3 Å². The van der Waals surface area contributed by atoms with Crippen molar-refractivity contribution >= 4 is 34.9 Å². The van der Waals surface area contributed by atoms with Gasteiger partial charge >= 0.3 is 0 Å². The molecule has 1 aliphatic heterocycles. The van der Waals surface area contributed by atoms with Crippen molar-refractivity contribution in [3.05, 3.63) is 16.3 Å². The molecule has 4 nitrogen and oxygen atoms in total. The maximum atomic E-state index is 12.6. The molecule has 1 atom stereocenters. The third-order valence-corrected chi connectivity index (χ3v) is 5.08. The van der Waals surface area contributed by atoms with E-state index in [1.165, 1.54) is 15.9 Å². The zero-order valence-corrected chi connectivity index (χ0v) is 13.3. The van der Waals surface area contributed by atoms with E-state index >= 15 is 0 Å². The zero-order valence-electron chi connectivity index (χ0n) is 11.7. The van der Waals surface area contributed by atoms with Crippen LogP contribution in [0, 0.1) is 0 Å². The largest absolute Gasteiger partial charge is 0.347 e. The number of hydrogen-bond acceptors (Lipinski definition) is 4. The molecule has 2 rings (SSSR count). The van der Waals surface area contributed by atoms with Crippen molar-refractivity contribution in [2.75, 3.05) is 20.6 Å². The molecule has 0 aromatic carbocycles. The van der Waals surface area contributed by atoms with Gasteiger partial charge in [-0.15, -0.1) is 11.3 Å². The average molecular weight is 334 g/mol. The van der Waals surface area contributed by atoms with Gasteiger partial charge in [0, 0.05) is 25.5 Å². The number of likely N-dealkylation sites (tertiary alicyclic amines) is 1. The van der Waals surface area contributed by atoms with Crippen LogP contribution in [0.4, 0.5) is 8.78 Å². The fourth-order valence-corrected chi connectivity index (χ4v) is 3.99. The number of thiophene rings is 1.